The van der Waals surface area contributed by atoms with E-state index in [-0.39, 0.29) is 0 Å². The molecule has 1 N–H and O–H groups in total. The van der Waals surface area contributed by atoms with Crippen LogP contribution in [0.4, 0.5) is 0 Å². The zero-order valence-corrected chi connectivity index (χ0v) is 10.8. The van der Waals surface area contributed by atoms with Gasteiger partial charge in [0.15, 0.2) is 0 Å². The first-order chi connectivity index (χ1) is 8.31. The van der Waals surface area contributed by atoms with Crippen molar-refractivity contribution in [2.75, 3.05) is 0 Å². The van der Waals surface area contributed by atoms with E-state index in [0.717, 1.165) is 12.6 Å². The van der Waals surface area contributed by atoms with Crippen molar-refractivity contribution in [3.8, 4) is 0 Å². The second kappa shape index (κ2) is 4.45. The molecule has 94 valence electrons. The minimum absolute atomic E-state index is 0.578. The van der Waals surface area contributed by atoms with E-state index in [9.17, 15) is 0 Å². The number of rotatable bonds is 6. The van der Waals surface area contributed by atoms with Gasteiger partial charge >= 0.3 is 0 Å². The first kappa shape index (κ1) is 11.3. The van der Waals surface area contributed by atoms with Crippen molar-refractivity contribution < 1.29 is 0 Å². The Hall–Kier alpha value is -0.830. The average Bonchev–Trinajstić information content (AvgIpc) is 3.01. The fourth-order valence-electron chi connectivity index (χ4n) is 2.84. The van der Waals surface area contributed by atoms with Crippen LogP contribution in [0.15, 0.2) is 12.5 Å². The lowest BCUT2D eigenvalue weighted by molar-refractivity contribution is 0.0990. The molecule has 1 aromatic heterocycles. The quantitative estimate of drug-likeness (QED) is 0.818. The van der Waals surface area contributed by atoms with E-state index in [1.165, 1.54) is 50.8 Å². The van der Waals surface area contributed by atoms with Crippen molar-refractivity contribution in [3.63, 3.8) is 0 Å². The molecule has 0 unspecified atom stereocenters. The van der Waals surface area contributed by atoms with Crippen molar-refractivity contribution >= 4 is 0 Å². The molecule has 0 radical (unpaired) electrons. The first-order valence-corrected chi connectivity index (χ1v) is 7.04. The number of aromatic nitrogens is 2. The third-order valence-electron chi connectivity index (χ3n) is 4.62. The van der Waals surface area contributed by atoms with Crippen LogP contribution in [0.3, 0.4) is 0 Å². The molecule has 3 heteroatoms. The van der Waals surface area contributed by atoms with Gasteiger partial charge < -0.3 is 9.88 Å². The standard InChI is InChI=1S/C14H23N3/c1-2-14(6-3-7-14)10-17-11-15-8-13(17)9-16-12-4-5-12/h8,11-12,16H,2-7,9-10H2,1H3. The van der Waals surface area contributed by atoms with Crippen LogP contribution in [0.1, 0.15) is 51.1 Å². The second-order valence-electron chi connectivity index (χ2n) is 5.88. The van der Waals surface area contributed by atoms with Gasteiger partial charge in [-0.25, -0.2) is 4.98 Å². The second-order valence-corrected chi connectivity index (χ2v) is 5.88. The van der Waals surface area contributed by atoms with Crippen molar-refractivity contribution in [2.45, 2.75) is 64.6 Å². The van der Waals surface area contributed by atoms with E-state index in [1.807, 2.05) is 12.5 Å². The van der Waals surface area contributed by atoms with Crippen LogP contribution in [-0.4, -0.2) is 15.6 Å². The molecule has 1 heterocycles. The van der Waals surface area contributed by atoms with Crippen molar-refractivity contribution in [1.82, 2.24) is 14.9 Å². The Kier molecular flexibility index (Phi) is 2.95. The predicted octanol–water partition coefficient (Wildman–Crippen LogP) is 2.72. The summed E-state index contributed by atoms with van der Waals surface area (Å²) in [6, 6.07) is 0.780. The topological polar surface area (TPSA) is 29.9 Å². The maximum absolute atomic E-state index is 4.32. The smallest absolute Gasteiger partial charge is 0.0948 e. The van der Waals surface area contributed by atoms with Crippen LogP contribution in [0.2, 0.25) is 0 Å². The fourth-order valence-corrected chi connectivity index (χ4v) is 2.84. The molecular weight excluding hydrogens is 210 g/mol. The molecule has 2 aliphatic rings. The number of hydrogen-bond donors (Lipinski definition) is 1. The zero-order valence-electron chi connectivity index (χ0n) is 10.8. The van der Waals surface area contributed by atoms with Gasteiger partial charge in [-0.05, 0) is 37.5 Å². The Morgan fingerprint density at radius 2 is 2.29 bits per heavy atom. The highest BCUT2D eigenvalue weighted by atomic mass is 15.1. The first-order valence-electron chi connectivity index (χ1n) is 7.04. The highest BCUT2D eigenvalue weighted by Gasteiger charge is 2.35. The van der Waals surface area contributed by atoms with E-state index in [1.54, 1.807) is 0 Å². The Balaban J connectivity index is 1.63. The lowest BCUT2D eigenvalue weighted by Crippen LogP contribution is -2.34. The Morgan fingerprint density at radius 1 is 1.47 bits per heavy atom. The lowest BCUT2D eigenvalue weighted by Gasteiger charge is -2.41. The summed E-state index contributed by atoms with van der Waals surface area (Å²) in [5.41, 5.74) is 1.94. The number of hydrogen-bond acceptors (Lipinski definition) is 2. The summed E-state index contributed by atoms with van der Waals surface area (Å²) in [7, 11) is 0. The van der Waals surface area contributed by atoms with Crippen LogP contribution in [0.25, 0.3) is 0 Å². The molecule has 0 amide bonds. The van der Waals surface area contributed by atoms with E-state index >= 15 is 0 Å². The van der Waals surface area contributed by atoms with Crippen LogP contribution < -0.4 is 5.32 Å². The third kappa shape index (κ3) is 2.39. The summed E-state index contributed by atoms with van der Waals surface area (Å²) in [6.07, 6.45) is 12.3. The van der Waals surface area contributed by atoms with E-state index < -0.39 is 0 Å². The SMILES string of the molecule is CCC1(Cn2cncc2CNC2CC2)CCC1. The Labute approximate surface area is 104 Å². The van der Waals surface area contributed by atoms with Crippen LogP contribution >= 0.6 is 0 Å². The average molecular weight is 233 g/mol. The molecule has 0 aliphatic heterocycles. The van der Waals surface area contributed by atoms with E-state index in [0.29, 0.717) is 5.41 Å². The summed E-state index contributed by atoms with van der Waals surface area (Å²) in [5, 5.41) is 3.58. The zero-order chi connectivity index (χ0) is 11.7. The summed E-state index contributed by atoms with van der Waals surface area (Å²) in [5.74, 6) is 0. The molecular formula is C14H23N3. The fraction of sp³-hybridized carbons (Fsp3) is 0.786. The van der Waals surface area contributed by atoms with Gasteiger partial charge in [-0.1, -0.05) is 13.3 Å². The highest BCUT2D eigenvalue weighted by Crippen LogP contribution is 2.45. The molecule has 3 rings (SSSR count). The lowest BCUT2D eigenvalue weighted by atomic mass is 9.67. The van der Waals surface area contributed by atoms with Crippen LogP contribution in [0.5, 0.6) is 0 Å². The van der Waals surface area contributed by atoms with Gasteiger partial charge in [0.2, 0.25) is 0 Å². The number of imidazole rings is 1. The molecule has 0 saturated heterocycles. The van der Waals surface area contributed by atoms with Gasteiger partial charge in [0.25, 0.3) is 0 Å². The minimum atomic E-state index is 0.578. The minimum Gasteiger partial charge on any atom is -0.333 e. The van der Waals surface area contributed by atoms with Crippen LogP contribution in [0, 0.1) is 5.41 Å². The van der Waals surface area contributed by atoms with Gasteiger partial charge in [-0.15, -0.1) is 0 Å². The predicted molar refractivity (Wildman–Crippen MR) is 68.7 cm³/mol. The molecule has 0 atom stereocenters. The third-order valence-corrected chi connectivity index (χ3v) is 4.62. The van der Waals surface area contributed by atoms with E-state index in [2.05, 4.69) is 21.8 Å². The number of nitrogens with one attached hydrogen (secondary N) is 1. The molecule has 0 aromatic carbocycles. The van der Waals surface area contributed by atoms with Gasteiger partial charge in [0, 0.05) is 25.3 Å². The molecule has 17 heavy (non-hydrogen) atoms. The van der Waals surface area contributed by atoms with Crippen molar-refractivity contribution in [3.05, 3.63) is 18.2 Å². The molecule has 2 aliphatic carbocycles. The maximum atomic E-state index is 4.32. The summed E-state index contributed by atoms with van der Waals surface area (Å²) in [4.78, 5) is 4.32. The van der Waals surface area contributed by atoms with Gasteiger partial charge in [-0.2, -0.15) is 0 Å². The monoisotopic (exact) mass is 233 g/mol. The molecule has 3 nitrogen and oxygen atoms in total. The van der Waals surface area contributed by atoms with Crippen LogP contribution in [-0.2, 0) is 13.1 Å². The largest absolute Gasteiger partial charge is 0.333 e. The van der Waals surface area contributed by atoms with Crippen molar-refractivity contribution in [1.29, 1.82) is 0 Å². The molecule has 0 bridgehead atoms. The van der Waals surface area contributed by atoms with Gasteiger partial charge in [-0.3, -0.25) is 0 Å². The molecule has 2 fully saturated rings. The Bertz CT molecular complexity index is 369. The summed E-state index contributed by atoms with van der Waals surface area (Å²) in [6.45, 7) is 4.49. The molecule has 0 spiro atoms. The van der Waals surface area contributed by atoms with E-state index in [4.69, 9.17) is 0 Å². The number of nitrogens with zero attached hydrogens (tertiary/aromatic N) is 2. The van der Waals surface area contributed by atoms with Crippen molar-refractivity contribution in [2.24, 2.45) is 5.41 Å². The summed E-state index contributed by atoms with van der Waals surface area (Å²) < 4.78 is 2.37. The maximum Gasteiger partial charge on any atom is 0.0948 e. The Morgan fingerprint density at radius 3 is 2.88 bits per heavy atom. The molecule has 2 saturated carbocycles. The van der Waals surface area contributed by atoms with Gasteiger partial charge in [0.05, 0.1) is 12.0 Å². The summed E-state index contributed by atoms with van der Waals surface area (Å²) >= 11 is 0. The van der Waals surface area contributed by atoms with Gasteiger partial charge in [0.1, 0.15) is 0 Å². The molecule has 1 aromatic rings. The normalized spacial score (nSPS) is 22.4. The highest BCUT2D eigenvalue weighted by molar-refractivity contribution is 5.01.